The van der Waals surface area contributed by atoms with E-state index in [0.717, 1.165) is 5.69 Å². The van der Waals surface area contributed by atoms with Crippen molar-refractivity contribution in [1.29, 1.82) is 0 Å². The van der Waals surface area contributed by atoms with Crippen molar-refractivity contribution < 1.29 is 9.53 Å². The van der Waals surface area contributed by atoms with Gasteiger partial charge in [0.05, 0.1) is 7.11 Å². The van der Waals surface area contributed by atoms with E-state index in [-0.39, 0.29) is 5.91 Å². The highest BCUT2D eigenvalue weighted by Crippen LogP contribution is 2.19. The minimum atomic E-state index is -0.274. The van der Waals surface area contributed by atoms with Gasteiger partial charge < -0.3 is 15.8 Å². The van der Waals surface area contributed by atoms with E-state index >= 15 is 0 Å². The van der Waals surface area contributed by atoms with E-state index in [1.807, 2.05) is 19.1 Å². The molecule has 1 amide bonds. The Hall–Kier alpha value is -2.56. The molecular formula is C14H15N3O2. The van der Waals surface area contributed by atoms with Crippen LogP contribution in [0.2, 0.25) is 0 Å². The molecule has 0 radical (unpaired) electrons. The lowest BCUT2D eigenvalue weighted by molar-refractivity contribution is 0.102. The van der Waals surface area contributed by atoms with Crippen molar-refractivity contribution in [2.75, 3.05) is 18.2 Å². The molecule has 98 valence electrons. The summed E-state index contributed by atoms with van der Waals surface area (Å²) in [7, 11) is 1.53. The molecule has 2 aromatic rings. The maximum absolute atomic E-state index is 12.1. The fourth-order valence-corrected chi connectivity index (χ4v) is 1.67. The number of pyridine rings is 1. The highest BCUT2D eigenvalue weighted by Gasteiger charge is 2.09. The number of nitrogen functional groups attached to an aromatic ring is 1. The van der Waals surface area contributed by atoms with Gasteiger partial charge in [-0.2, -0.15) is 0 Å². The Bertz CT molecular complexity index is 611. The smallest absolute Gasteiger partial charge is 0.257 e. The third kappa shape index (κ3) is 3.22. The van der Waals surface area contributed by atoms with E-state index in [1.54, 1.807) is 24.3 Å². The number of hydrogen-bond donors (Lipinski definition) is 2. The zero-order valence-corrected chi connectivity index (χ0v) is 10.8. The summed E-state index contributed by atoms with van der Waals surface area (Å²) in [6.45, 7) is 1.86. The van der Waals surface area contributed by atoms with Gasteiger partial charge in [0.2, 0.25) is 0 Å². The SMILES string of the molecule is COc1cc(N)cc(C(=O)Nc2cccc(C)n2)c1. The second-order valence-electron chi connectivity index (χ2n) is 4.11. The Labute approximate surface area is 111 Å². The quantitative estimate of drug-likeness (QED) is 0.827. The molecule has 0 saturated heterocycles. The molecule has 5 nitrogen and oxygen atoms in total. The van der Waals surface area contributed by atoms with E-state index in [4.69, 9.17) is 10.5 Å². The number of carbonyl (C=O) groups excluding carboxylic acids is 1. The summed E-state index contributed by atoms with van der Waals surface area (Å²) in [6.07, 6.45) is 0. The van der Waals surface area contributed by atoms with E-state index in [2.05, 4.69) is 10.3 Å². The number of rotatable bonds is 3. The van der Waals surface area contributed by atoms with E-state index in [1.165, 1.54) is 7.11 Å². The average Bonchev–Trinajstić information content (AvgIpc) is 2.38. The van der Waals surface area contributed by atoms with E-state index in [9.17, 15) is 4.79 Å². The predicted molar refractivity (Wildman–Crippen MR) is 74.3 cm³/mol. The number of hydrogen-bond acceptors (Lipinski definition) is 4. The van der Waals surface area contributed by atoms with Gasteiger partial charge in [0.15, 0.2) is 0 Å². The Kier molecular flexibility index (Phi) is 3.66. The Morgan fingerprint density at radius 3 is 2.79 bits per heavy atom. The largest absolute Gasteiger partial charge is 0.497 e. The fraction of sp³-hybridized carbons (Fsp3) is 0.143. The number of nitrogens with zero attached hydrogens (tertiary/aromatic N) is 1. The van der Waals surface area contributed by atoms with Crippen molar-refractivity contribution in [2.24, 2.45) is 0 Å². The first-order valence-corrected chi connectivity index (χ1v) is 5.78. The zero-order valence-electron chi connectivity index (χ0n) is 10.8. The molecule has 0 aliphatic heterocycles. The van der Waals surface area contributed by atoms with Crippen LogP contribution in [0.3, 0.4) is 0 Å². The maximum atomic E-state index is 12.1. The van der Waals surface area contributed by atoms with E-state index < -0.39 is 0 Å². The van der Waals surface area contributed by atoms with Crippen molar-refractivity contribution >= 4 is 17.4 Å². The standard InChI is InChI=1S/C14H15N3O2/c1-9-4-3-5-13(16-9)17-14(18)10-6-11(15)8-12(7-10)19-2/h3-8H,15H2,1-2H3,(H,16,17,18). The summed E-state index contributed by atoms with van der Waals surface area (Å²) in [5.74, 6) is 0.775. The molecule has 1 aromatic heterocycles. The molecule has 0 unspecified atom stereocenters. The van der Waals surface area contributed by atoms with Crippen LogP contribution in [0.4, 0.5) is 11.5 Å². The molecule has 0 saturated carbocycles. The number of ether oxygens (including phenoxy) is 1. The molecule has 1 heterocycles. The lowest BCUT2D eigenvalue weighted by Crippen LogP contribution is -2.13. The number of nitrogens with one attached hydrogen (secondary N) is 1. The van der Waals surface area contributed by atoms with Gasteiger partial charge in [0, 0.05) is 23.0 Å². The minimum absolute atomic E-state index is 0.274. The maximum Gasteiger partial charge on any atom is 0.257 e. The fourth-order valence-electron chi connectivity index (χ4n) is 1.67. The van der Waals surface area contributed by atoms with E-state index in [0.29, 0.717) is 22.8 Å². The molecule has 0 spiro atoms. The topological polar surface area (TPSA) is 77.2 Å². The van der Waals surface area contributed by atoms with Gasteiger partial charge in [0.25, 0.3) is 5.91 Å². The lowest BCUT2D eigenvalue weighted by Gasteiger charge is -2.08. The van der Waals surface area contributed by atoms with Gasteiger partial charge in [-0.05, 0) is 31.2 Å². The van der Waals surface area contributed by atoms with Crippen molar-refractivity contribution in [1.82, 2.24) is 4.98 Å². The van der Waals surface area contributed by atoms with Crippen LogP contribution in [0, 0.1) is 6.92 Å². The molecule has 5 heteroatoms. The van der Waals surface area contributed by atoms with Crippen LogP contribution < -0.4 is 15.8 Å². The van der Waals surface area contributed by atoms with Crippen molar-refractivity contribution in [3.05, 3.63) is 47.7 Å². The van der Waals surface area contributed by atoms with Crippen LogP contribution in [0.1, 0.15) is 16.1 Å². The molecule has 0 atom stereocenters. The molecule has 0 bridgehead atoms. The molecular weight excluding hydrogens is 242 g/mol. The Morgan fingerprint density at radius 1 is 1.32 bits per heavy atom. The summed E-state index contributed by atoms with van der Waals surface area (Å²) in [5.41, 5.74) is 7.46. The number of aromatic nitrogens is 1. The van der Waals surface area contributed by atoms with Gasteiger partial charge >= 0.3 is 0 Å². The molecule has 3 N–H and O–H groups in total. The summed E-state index contributed by atoms with van der Waals surface area (Å²) in [6, 6.07) is 10.3. The van der Waals surface area contributed by atoms with Crippen LogP contribution in [-0.2, 0) is 0 Å². The summed E-state index contributed by atoms with van der Waals surface area (Å²) in [4.78, 5) is 16.3. The van der Waals surface area contributed by atoms with Crippen LogP contribution >= 0.6 is 0 Å². The monoisotopic (exact) mass is 257 g/mol. The predicted octanol–water partition coefficient (Wildman–Crippen LogP) is 2.23. The molecule has 19 heavy (non-hydrogen) atoms. The number of carbonyl (C=O) groups is 1. The minimum Gasteiger partial charge on any atom is -0.497 e. The van der Waals surface area contributed by atoms with Gasteiger partial charge in [0.1, 0.15) is 11.6 Å². The second kappa shape index (κ2) is 5.39. The van der Waals surface area contributed by atoms with Crippen LogP contribution in [0.5, 0.6) is 5.75 Å². The number of amides is 1. The molecule has 0 fully saturated rings. The lowest BCUT2D eigenvalue weighted by atomic mass is 10.1. The first-order valence-electron chi connectivity index (χ1n) is 5.78. The normalized spacial score (nSPS) is 10.0. The van der Waals surface area contributed by atoms with Gasteiger partial charge in [-0.3, -0.25) is 4.79 Å². The van der Waals surface area contributed by atoms with Gasteiger partial charge in [-0.25, -0.2) is 4.98 Å². The third-order valence-electron chi connectivity index (χ3n) is 2.56. The van der Waals surface area contributed by atoms with Crippen molar-refractivity contribution in [3.63, 3.8) is 0 Å². The van der Waals surface area contributed by atoms with Crippen molar-refractivity contribution in [2.45, 2.75) is 6.92 Å². The number of benzene rings is 1. The number of anilines is 2. The molecule has 0 aliphatic carbocycles. The molecule has 2 rings (SSSR count). The van der Waals surface area contributed by atoms with Crippen LogP contribution in [0.15, 0.2) is 36.4 Å². The first kappa shape index (κ1) is 12.9. The van der Waals surface area contributed by atoms with Gasteiger partial charge in [-0.15, -0.1) is 0 Å². The molecule has 1 aromatic carbocycles. The average molecular weight is 257 g/mol. The number of nitrogens with two attached hydrogens (primary N) is 1. The Morgan fingerprint density at radius 2 is 2.11 bits per heavy atom. The number of methoxy groups -OCH3 is 1. The second-order valence-corrected chi connectivity index (χ2v) is 4.11. The van der Waals surface area contributed by atoms with Gasteiger partial charge in [-0.1, -0.05) is 6.07 Å². The summed E-state index contributed by atoms with van der Waals surface area (Å²) >= 11 is 0. The first-order chi connectivity index (χ1) is 9.08. The Balaban J connectivity index is 2.22. The van der Waals surface area contributed by atoms with Crippen LogP contribution in [0.25, 0.3) is 0 Å². The highest BCUT2D eigenvalue weighted by atomic mass is 16.5. The summed E-state index contributed by atoms with van der Waals surface area (Å²) < 4.78 is 5.08. The zero-order chi connectivity index (χ0) is 13.8. The third-order valence-corrected chi connectivity index (χ3v) is 2.56. The number of aryl methyl sites for hydroxylation is 1. The highest BCUT2D eigenvalue weighted by molar-refractivity contribution is 6.04. The van der Waals surface area contributed by atoms with Crippen LogP contribution in [-0.4, -0.2) is 18.0 Å². The molecule has 0 aliphatic rings. The van der Waals surface area contributed by atoms with Crippen molar-refractivity contribution in [3.8, 4) is 5.75 Å². The summed E-state index contributed by atoms with van der Waals surface area (Å²) in [5, 5.41) is 2.72.